The molecule has 1 aromatic heterocycles. The van der Waals surface area contributed by atoms with Crippen LogP contribution < -0.4 is 15.5 Å². The molecule has 0 atom stereocenters. The van der Waals surface area contributed by atoms with Crippen LogP contribution in [0.5, 0.6) is 5.75 Å². The van der Waals surface area contributed by atoms with E-state index in [0.717, 1.165) is 40.8 Å². The average molecular weight is 502 g/mol. The summed E-state index contributed by atoms with van der Waals surface area (Å²) in [5, 5.41) is 13.3. The van der Waals surface area contributed by atoms with Gasteiger partial charge in [0, 0.05) is 35.8 Å². The summed E-state index contributed by atoms with van der Waals surface area (Å²) in [6.07, 6.45) is 10.1. The van der Waals surface area contributed by atoms with Gasteiger partial charge in [0.2, 0.25) is 0 Å². The van der Waals surface area contributed by atoms with Crippen LogP contribution in [0.15, 0.2) is 48.7 Å². The molecule has 0 saturated heterocycles. The Morgan fingerprint density at radius 1 is 1.00 bits per heavy atom. The highest BCUT2D eigenvalue weighted by molar-refractivity contribution is 5.98. The summed E-state index contributed by atoms with van der Waals surface area (Å²) in [6, 6.07) is 13.3. The summed E-state index contributed by atoms with van der Waals surface area (Å²) >= 11 is 0. The highest BCUT2D eigenvalue weighted by atomic mass is 16.5. The molecular weight excluding hydrogens is 466 g/mol. The van der Waals surface area contributed by atoms with E-state index >= 15 is 0 Å². The van der Waals surface area contributed by atoms with E-state index in [2.05, 4.69) is 9.88 Å². The zero-order valence-corrected chi connectivity index (χ0v) is 21.3. The Balaban J connectivity index is 1.15. The molecule has 3 aromatic rings. The number of hydroxylamine groups is 1. The molecule has 194 valence electrons. The highest BCUT2D eigenvalue weighted by Crippen LogP contribution is 2.59. The maximum absolute atomic E-state index is 13.1. The summed E-state index contributed by atoms with van der Waals surface area (Å²) < 4.78 is 7.74. The van der Waals surface area contributed by atoms with Crippen LogP contribution in [0.2, 0.25) is 0 Å². The lowest BCUT2D eigenvalue weighted by molar-refractivity contribution is -0.0503. The van der Waals surface area contributed by atoms with Crippen molar-refractivity contribution in [3.8, 4) is 5.75 Å². The Morgan fingerprint density at radius 3 is 2.41 bits per heavy atom. The molecule has 0 unspecified atom stereocenters. The van der Waals surface area contributed by atoms with Crippen molar-refractivity contribution in [1.82, 2.24) is 15.4 Å². The number of amides is 2. The van der Waals surface area contributed by atoms with Gasteiger partial charge in [-0.05, 0) is 111 Å². The van der Waals surface area contributed by atoms with E-state index in [4.69, 9.17) is 9.94 Å². The van der Waals surface area contributed by atoms with Gasteiger partial charge >= 0.3 is 0 Å². The SMILES string of the molecule is CCOc1cc(Cn2ccc3cc(C(=O)NCC45CC6CC(CC(C6)C4)C5)ccc32)ccc1C(=O)NO. The summed E-state index contributed by atoms with van der Waals surface area (Å²) in [4.78, 5) is 25.0. The van der Waals surface area contributed by atoms with E-state index in [9.17, 15) is 9.59 Å². The average Bonchev–Trinajstić information content (AvgIpc) is 3.28. The first-order valence-electron chi connectivity index (χ1n) is 13.5. The maximum Gasteiger partial charge on any atom is 0.278 e. The van der Waals surface area contributed by atoms with Crippen LogP contribution in [-0.2, 0) is 6.54 Å². The minimum Gasteiger partial charge on any atom is -0.493 e. The third kappa shape index (κ3) is 4.61. The van der Waals surface area contributed by atoms with Gasteiger partial charge in [-0.1, -0.05) is 6.07 Å². The maximum atomic E-state index is 13.1. The molecule has 0 radical (unpaired) electrons. The number of hydrogen-bond donors (Lipinski definition) is 3. The number of nitrogens with zero attached hydrogens (tertiary/aromatic N) is 1. The van der Waals surface area contributed by atoms with Crippen LogP contribution in [0, 0.1) is 23.2 Å². The van der Waals surface area contributed by atoms with Gasteiger partial charge in [-0.2, -0.15) is 0 Å². The molecule has 2 amide bonds. The molecule has 7 rings (SSSR count). The van der Waals surface area contributed by atoms with Gasteiger partial charge < -0.3 is 14.6 Å². The topological polar surface area (TPSA) is 92.6 Å². The normalized spacial score (nSPS) is 25.8. The largest absolute Gasteiger partial charge is 0.493 e. The quantitative estimate of drug-likeness (QED) is 0.294. The number of rotatable bonds is 8. The van der Waals surface area contributed by atoms with Crippen LogP contribution in [0.3, 0.4) is 0 Å². The van der Waals surface area contributed by atoms with Crippen molar-refractivity contribution in [3.05, 3.63) is 65.4 Å². The smallest absolute Gasteiger partial charge is 0.278 e. The number of benzene rings is 2. The van der Waals surface area contributed by atoms with Crippen LogP contribution >= 0.6 is 0 Å². The van der Waals surface area contributed by atoms with E-state index in [1.54, 1.807) is 11.5 Å². The van der Waals surface area contributed by atoms with Crippen LogP contribution in [-0.4, -0.2) is 34.7 Å². The van der Waals surface area contributed by atoms with Crippen molar-refractivity contribution in [2.45, 2.75) is 52.0 Å². The molecule has 37 heavy (non-hydrogen) atoms. The number of hydrogen-bond acceptors (Lipinski definition) is 4. The van der Waals surface area contributed by atoms with Gasteiger partial charge in [0.25, 0.3) is 11.8 Å². The first kappa shape index (κ1) is 24.0. The fourth-order valence-electron chi connectivity index (χ4n) is 7.74. The standard InChI is InChI=1S/C30H35N3O4/c1-2-37-27-12-19(3-5-25(27)29(35)32-36)17-33-8-7-23-13-24(4-6-26(23)33)28(34)31-18-30-14-20-9-21(15-30)11-22(10-20)16-30/h3-8,12-13,20-22,36H,2,9-11,14-18H2,1H3,(H,31,34)(H,32,35). The molecule has 0 spiro atoms. The van der Waals surface area contributed by atoms with E-state index in [-0.39, 0.29) is 11.5 Å². The van der Waals surface area contributed by atoms with Gasteiger partial charge in [0.15, 0.2) is 0 Å². The molecule has 4 saturated carbocycles. The van der Waals surface area contributed by atoms with Crippen molar-refractivity contribution in [2.75, 3.05) is 13.2 Å². The second kappa shape index (κ2) is 9.53. The Hall–Kier alpha value is -3.32. The number of carbonyl (C=O) groups excluding carboxylic acids is 2. The van der Waals surface area contributed by atoms with Crippen LogP contribution in [0.1, 0.15) is 71.7 Å². The zero-order valence-electron chi connectivity index (χ0n) is 21.3. The summed E-state index contributed by atoms with van der Waals surface area (Å²) in [5.41, 5.74) is 4.98. The van der Waals surface area contributed by atoms with Crippen molar-refractivity contribution < 1.29 is 19.5 Å². The van der Waals surface area contributed by atoms with Gasteiger partial charge in [0.05, 0.1) is 12.2 Å². The Labute approximate surface area is 217 Å². The fourth-order valence-corrected chi connectivity index (χ4v) is 7.74. The number of nitrogens with one attached hydrogen (secondary N) is 2. The molecule has 1 heterocycles. The van der Waals surface area contributed by atoms with Crippen molar-refractivity contribution in [1.29, 1.82) is 0 Å². The lowest BCUT2D eigenvalue weighted by Gasteiger charge is -2.56. The predicted molar refractivity (Wildman–Crippen MR) is 141 cm³/mol. The molecule has 4 aliphatic carbocycles. The minimum atomic E-state index is -0.601. The molecule has 4 bridgehead atoms. The molecule has 7 heteroatoms. The van der Waals surface area contributed by atoms with E-state index in [1.807, 2.05) is 49.5 Å². The van der Waals surface area contributed by atoms with Crippen LogP contribution in [0.25, 0.3) is 10.9 Å². The first-order chi connectivity index (χ1) is 17.9. The number of carbonyl (C=O) groups is 2. The second-order valence-electron chi connectivity index (χ2n) is 11.5. The van der Waals surface area contributed by atoms with Gasteiger partial charge in [-0.25, -0.2) is 5.48 Å². The molecule has 2 aromatic carbocycles. The summed E-state index contributed by atoms with van der Waals surface area (Å²) in [7, 11) is 0. The molecular formula is C30H35N3O4. The zero-order chi connectivity index (χ0) is 25.6. The molecule has 3 N–H and O–H groups in total. The Kier molecular flexibility index (Phi) is 6.19. The lowest BCUT2D eigenvalue weighted by Crippen LogP contribution is -2.51. The highest BCUT2D eigenvalue weighted by Gasteiger charge is 2.50. The minimum absolute atomic E-state index is 0.0181. The molecule has 0 aliphatic heterocycles. The number of aromatic nitrogens is 1. The monoisotopic (exact) mass is 501 g/mol. The van der Waals surface area contributed by atoms with Crippen molar-refractivity contribution in [3.63, 3.8) is 0 Å². The van der Waals surface area contributed by atoms with Crippen LogP contribution in [0.4, 0.5) is 0 Å². The Morgan fingerprint density at radius 2 is 1.73 bits per heavy atom. The third-order valence-electron chi connectivity index (χ3n) is 8.87. The fraction of sp³-hybridized carbons (Fsp3) is 0.467. The second-order valence-corrected chi connectivity index (χ2v) is 11.5. The molecule has 4 aliphatic rings. The van der Waals surface area contributed by atoms with Gasteiger partial charge in [-0.15, -0.1) is 0 Å². The first-order valence-corrected chi connectivity index (χ1v) is 13.5. The lowest BCUT2D eigenvalue weighted by atomic mass is 9.49. The van der Waals surface area contributed by atoms with Crippen molar-refractivity contribution in [2.24, 2.45) is 23.2 Å². The summed E-state index contributed by atoms with van der Waals surface area (Å²) in [6.45, 7) is 3.65. The summed E-state index contributed by atoms with van der Waals surface area (Å²) in [5.74, 6) is 2.49. The van der Waals surface area contributed by atoms with E-state index < -0.39 is 5.91 Å². The number of fused-ring (bicyclic) bond motifs is 1. The number of ether oxygens (including phenoxy) is 1. The molecule has 7 nitrogen and oxygen atoms in total. The predicted octanol–water partition coefficient (Wildman–Crippen LogP) is 5.15. The van der Waals surface area contributed by atoms with Gasteiger partial charge in [-0.3, -0.25) is 14.8 Å². The third-order valence-corrected chi connectivity index (χ3v) is 8.87. The van der Waals surface area contributed by atoms with E-state index in [1.165, 1.54) is 38.5 Å². The van der Waals surface area contributed by atoms with E-state index in [0.29, 0.717) is 29.9 Å². The molecule has 4 fully saturated rings. The Bertz CT molecular complexity index is 1310. The van der Waals surface area contributed by atoms with Gasteiger partial charge in [0.1, 0.15) is 5.75 Å². The van der Waals surface area contributed by atoms with Crippen molar-refractivity contribution >= 4 is 22.7 Å².